The normalized spacial score (nSPS) is 25.5. The predicted molar refractivity (Wildman–Crippen MR) is 94.2 cm³/mol. The summed E-state index contributed by atoms with van der Waals surface area (Å²) in [5.41, 5.74) is 5.52. The van der Waals surface area contributed by atoms with Gasteiger partial charge in [0.05, 0.1) is 5.69 Å². The van der Waals surface area contributed by atoms with Gasteiger partial charge in [0.25, 0.3) is 0 Å². The van der Waals surface area contributed by atoms with Gasteiger partial charge in [0.1, 0.15) is 16.4 Å². The Hall–Kier alpha value is -2.22. The van der Waals surface area contributed by atoms with Crippen LogP contribution in [0.1, 0.15) is 27.2 Å². The highest BCUT2D eigenvalue weighted by Gasteiger charge is 2.55. The van der Waals surface area contributed by atoms with Crippen molar-refractivity contribution in [3.63, 3.8) is 0 Å². The molecule has 8 heteroatoms. The second-order valence-electron chi connectivity index (χ2n) is 7.28. The molecule has 2 atom stereocenters. The highest BCUT2D eigenvalue weighted by Crippen LogP contribution is 2.49. The third-order valence-corrected chi connectivity index (χ3v) is 5.58. The Kier molecular flexibility index (Phi) is 4.18. The van der Waals surface area contributed by atoms with Crippen molar-refractivity contribution < 1.29 is 19.1 Å². The Balaban J connectivity index is 1.91. The van der Waals surface area contributed by atoms with Crippen LogP contribution in [0.15, 0.2) is 29.2 Å². The number of amides is 3. The summed E-state index contributed by atoms with van der Waals surface area (Å²) < 4.78 is 4.43. The second kappa shape index (κ2) is 5.94. The molecule has 0 unspecified atom stereocenters. The number of hydrogen-bond acceptors (Lipinski definition) is 5. The fraction of sp³-hybridized carbons (Fsp3) is 0.471. The molecule has 1 aromatic rings. The fourth-order valence-electron chi connectivity index (χ4n) is 3.03. The summed E-state index contributed by atoms with van der Waals surface area (Å²) in [6.07, 6.45) is -0.479. The number of nitrogens with one attached hydrogen (secondary N) is 1. The highest BCUT2D eigenvalue weighted by molar-refractivity contribution is 8.01. The summed E-state index contributed by atoms with van der Waals surface area (Å²) in [6.45, 7) is 5.30. The summed E-state index contributed by atoms with van der Waals surface area (Å²) in [7, 11) is 0. The van der Waals surface area contributed by atoms with Crippen molar-refractivity contribution in [2.45, 2.75) is 48.5 Å². The summed E-state index contributed by atoms with van der Waals surface area (Å²) in [6, 6.07) is 6.56. The Morgan fingerprint density at radius 2 is 2.04 bits per heavy atom. The maximum Gasteiger partial charge on any atom is 0.411 e. The van der Waals surface area contributed by atoms with Crippen molar-refractivity contribution in [2.24, 2.45) is 5.73 Å². The van der Waals surface area contributed by atoms with E-state index in [9.17, 15) is 14.4 Å². The molecule has 7 nitrogen and oxygen atoms in total. The van der Waals surface area contributed by atoms with Crippen LogP contribution in [0.25, 0.3) is 0 Å². The molecule has 1 fully saturated rings. The Labute approximate surface area is 150 Å². The lowest BCUT2D eigenvalue weighted by atomic mass is 10.0. The number of benzene rings is 1. The first-order valence-electron chi connectivity index (χ1n) is 8.00. The Morgan fingerprint density at radius 1 is 1.36 bits per heavy atom. The molecule has 0 radical (unpaired) electrons. The van der Waals surface area contributed by atoms with Gasteiger partial charge >= 0.3 is 6.09 Å². The topological polar surface area (TPSA) is 102 Å². The first-order chi connectivity index (χ1) is 11.6. The molecule has 25 heavy (non-hydrogen) atoms. The molecule has 3 N–H and O–H groups in total. The molecule has 134 valence electrons. The smallest absolute Gasteiger partial charge is 0.411 e. The monoisotopic (exact) mass is 363 g/mol. The van der Waals surface area contributed by atoms with Crippen LogP contribution in [0.2, 0.25) is 0 Å². The minimum Gasteiger partial charge on any atom is -0.444 e. The van der Waals surface area contributed by atoms with Crippen molar-refractivity contribution in [3.8, 4) is 0 Å². The molecule has 2 heterocycles. The lowest BCUT2D eigenvalue weighted by Crippen LogP contribution is -2.47. The van der Waals surface area contributed by atoms with Crippen LogP contribution < -0.4 is 11.1 Å². The van der Waals surface area contributed by atoms with E-state index in [1.165, 1.54) is 16.7 Å². The molecule has 2 aliphatic heterocycles. The first kappa shape index (κ1) is 17.6. The van der Waals surface area contributed by atoms with E-state index in [0.29, 0.717) is 0 Å². The van der Waals surface area contributed by atoms with E-state index in [1.807, 2.05) is 24.3 Å². The van der Waals surface area contributed by atoms with Crippen LogP contribution in [0, 0.1) is 0 Å². The molecule has 1 aromatic carbocycles. The van der Waals surface area contributed by atoms with Crippen molar-refractivity contribution in [1.82, 2.24) is 4.90 Å². The van der Waals surface area contributed by atoms with Gasteiger partial charge < -0.3 is 15.8 Å². The average molecular weight is 363 g/mol. The molecule has 3 rings (SSSR count). The zero-order valence-electron chi connectivity index (χ0n) is 14.4. The average Bonchev–Trinajstić information content (AvgIpc) is 2.88. The number of carbonyl (C=O) groups excluding carboxylic acids is 3. The SMILES string of the molecule is CC(C)(C)OC(=O)N1C[C@@]2(C[C@H]1C(N)=O)Sc1ccccc1NC2=O. The standard InChI is InChI=1S/C17H21N3O4S/c1-16(2,3)24-15(23)20-9-17(8-11(20)13(18)21)14(22)19-10-6-4-5-7-12(10)25-17/h4-7,11H,8-9H2,1-3H3,(H2,18,21)(H,19,22)/t11-,17+/m0/s1. The molecule has 0 saturated carbocycles. The zero-order valence-corrected chi connectivity index (χ0v) is 15.2. The number of ether oxygens (including phenoxy) is 1. The molecule has 0 aliphatic carbocycles. The van der Waals surface area contributed by atoms with Crippen LogP contribution >= 0.6 is 11.8 Å². The predicted octanol–water partition coefficient (Wildman–Crippen LogP) is 1.96. The third kappa shape index (κ3) is 3.30. The van der Waals surface area contributed by atoms with Crippen LogP contribution in [0.5, 0.6) is 0 Å². The van der Waals surface area contributed by atoms with Crippen LogP contribution in [-0.4, -0.2) is 45.7 Å². The number of likely N-dealkylation sites (tertiary alicyclic amines) is 1. The summed E-state index contributed by atoms with van der Waals surface area (Å²) in [5.74, 6) is -0.872. The number of primary amides is 1. The van der Waals surface area contributed by atoms with E-state index in [4.69, 9.17) is 10.5 Å². The quantitative estimate of drug-likeness (QED) is 0.794. The Morgan fingerprint density at radius 3 is 2.68 bits per heavy atom. The van der Waals surface area contributed by atoms with Crippen molar-refractivity contribution in [2.75, 3.05) is 11.9 Å². The van der Waals surface area contributed by atoms with Gasteiger partial charge in [0, 0.05) is 17.9 Å². The molecular weight excluding hydrogens is 342 g/mol. The van der Waals surface area contributed by atoms with Gasteiger partial charge in [0.2, 0.25) is 11.8 Å². The maximum atomic E-state index is 12.7. The minimum atomic E-state index is -0.953. The van der Waals surface area contributed by atoms with Crippen molar-refractivity contribution in [1.29, 1.82) is 0 Å². The number of thioether (sulfide) groups is 1. The van der Waals surface area contributed by atoms with E-state index in [-0.39, 0.29) is 18.9 Å². The molecule has 3 amide bonds. The first-order valence-corrected chi connectivity index (χ1v) is 8.81. The lowest BCUT2D eigenvalue weighted by Gasteiger charge is -2.32. The number of hydrogen-bond donors (Lipinski definition) is 2. The molecule has 0 bridgehead atoms. The van der Waals surface area contributed by atoms with Gasteiger partial charge in [-0.15, -0.1) is 11.8 Å². The van der Waals surface area contributed by atoms with Gasteiger partial charge in [-0.25, -0.2) is 4.79 Å². The number of nitrogens with zero attached hydrogens (tertiary/aromatic N) is 1. The number of carbonyl (C=O) groups is 3. The summed E-state index contributed by atoms with van der Waals surface area (Å²) in [5, 5.41) is 2.87. The molecule has 1 spiro atoms. The largest absolute Gasteiger partial charge is 0.444 e. The summed E-state index contributed by atoms with van der Waals surface area (Å²) in [4.78, 5) is 39.3. The minimum absolute atomic E-state index is 0.0698. The van der Waals surface area contributed by atoms with E-state index < -0.39 is 28.4 Å². The van der Waals surface area contributed by atoms with Crippen LogP contribution in [-0.2, 0) is 14.3 Å². The second-order valence-corrected chi connectivity index (χ2v) is 8.70. The number of nitrogens with two attached hydrogens (primary N) is 1. The molecular formula is C17H21N3O4S. The van der Waals surface area contributed by atoms with E-state index in [0.717, 1.165) is 10.6 Å². The zero-order chi connectivity index (χ0) is 18.4. The van der Waals surface area contributed by atoms with Crippen LogP contribution in [0.4, 0.5) is 10.5 Å². The maximum absolute atomic E-state index is 12.7. The summed E-state index contributed by atoms with van der Waals surface area (Å²) >= 11 is 1.37. The number of para-hydroxylation sites is 1. The van der Waals surface area contributed by atoms with E-state index >= 15 is 0 Å². The number of fused-ring (bicyclic) bond motifs is 1. The van der Waals surface area contributed by atoms with Crippen molar-refractivity contribution >= 4 is 35.4 Å². The van der Waals surface area contributed by atoms with Gasteiger partial charge in [-0.3, -0.25) is 14.5 Å². The van der Waals surface area contributed by atoms with Crippen LogP contribution in [0.3, 0.4) is 0 Å². The molecule has 2 aliphatic rings. The van der Waals surface area contributed by atoms with E-state index in [1.54, 1.807) is 20.8 Å². The lowest BCUT2D eigenvalue weighted by molar-refractivity contribution is -0.122. The molecule has 1 saturated heterocycles. The van der Waals surface area contributed by atoms with Crippen molar-refractivity contribution in [3.05, 3.63) is 24.3 Å². The number of rotatable bonds is 1. The third-order valence-electron chi connectivity index (χ3n) is 4.14. The van der Waals surface area contributed by atoms with Gasteiger partial charge in [0.15, 0.2) is 0 Å². The van der Waals surface area contributed by atoms with Gasteiger partial charge in [-0.2, -0.15) is 0 Å². The Bertz CT molecular complexity index is 746. The number of anilines is 1. The van der Waals surface area contributed by atoms with E-state index in [2.05, 4.69) is 5.32 Å². The highest BCUT2D eigenvalue weighted by atomic mass is 32.2. The molecule has 0 aromatic heterocycles. The van der Waals surface area contributed by atoms with Gasteiger partial charge in [-0.05, 0) is 32.9 Å². The fourth-order valence-corrected chi connectivity index (χ4v) is 4.41. The van der Waals surface area contributed by atoms with Gasteiger partial charge in [-0.1, -0.05) is 12.1 Å².